The standard InChI is InChI=1S/C31H39N3O4S/c1-6-28(31(36)32-20-23(2)3)33(21-26-18-16-24(4)17-19-26)30(35)22-34(29-15-11-10-12-25(29)5)39(37,38)27-13-8-7-9-14-27/h7-19,23,28H,6,20-22H2,1-5H3,(H,32,36). The summed E-state index contributed by atoms with van der Waals surface area (Å²) in [6.45, 7) is 9.88. The third kappa shape index (κ3) is 7.69. The Morgan fingerprint density at radius 1 is 0.872 bits per heavy atom. The maximum Gasteiger partial charge on any atom is 0.264 e. The van der Waals surface area contributed by atoms with E-state index in [9.17, 15) is 18.0 Å². The molecule has 8 heteroatoms. The number of carbonyl (C=O) groups excluding carboxylic acids is 2. The van der Waals surface area contributed by atoms with Gasteiger partial charge in [0, 0.05) is 13.1 Å². The first-order chi connectivity index (χ1) is 18.5. The smallest absolute Gasteiger partial charge is 0.264 e. The van der Waals surface area contributed by atoms with Crippen LogP contribution >= 0.6 is 0 Å². The number of rotatable bonds is 12. The van der Waals surface area contributed by atoms with E-state index >= 15 is 0 Å². The number of benzene rings is 3. The van der Waals surface area contributed by atoms with Crippen LogP contribution in [-0.4, -0.2) is 44.3 Å². The van der Waals surface area contributed by atoms with Crippen molar-refractivity contribution in [2.75, 3.05) is 17.4 Å². The van der Waals surface area contributed by atoms with Crippen molar-refractivity contribution in [1.29, 1.82) is 0 Å². The lowest BCUT2D eigenvalue weighted by atomic mass is 10.1. The number of anilines is 1. The lowest BCUT2D eigenvalue weighted by Crippen LogP contribution is -2.52. The molecular weight excluding hydrogens is 510 g/mol. The van der Waals surface area contributed by atoms with Gasteiger partial charge in [0.2, 0.25) is 11.8 Å². The van der Waals surface area contributed by atoms with E-state index in [4.69, 9.17) is 0 Å². The van der Waals surface area contributed by atoms with Crippen LogP contribution < -0.4 is 9.62 Å². The number of amides is 2. The van der Waals surface area contributed by atoms with Gasteiger partial charge in [-0.05, 0) is 55.5 Å². The minimum absolute atomic E-state index is 0.0906. The van der Waals surface area contributed by atoms with Crippen molar-refractivity contribution in [3.05, 3.63) is 95.6 Å². The molecule has 1 N–H and O–H groups in total. The Morgan fingerprint density at radius 3 is 2.08 bits per heavy atom. The number of nitrogens with one attached hydrogen (secondary N) is 1. The molecule has 0 aliphatic rings. The fraction of sp³-hybridized carbons (Fsp3) is 0.355. The largest absolute Gasteiger partial charge is 0.354 e. The van der Waals surface area contributed by atoms with Crippen molar-refractivity contribution in [2.45, 2.75) is 58.5 Å². The number of aryl methyl sites for hydroxylation is 2. The molecule has 0 aromatic heterocycles. The molecule has 0 spiro atoms. The number of hydrogen-bond acceptors (Lipinski definition) is 4. The Morgan fingerprint density at radius 2 is 1.49 bits per heavy atom. The van der Waals surface area contributed by atoms with Gasteiger partial charge in [0.1, 0.15) is 12.6 Å². The van der Waals surface area contributed by atoms with Crippen LogP contribution in [0, 0.1) is 19.8 Å². The third-order valence-corrected chi connectivity index (χ3v) is 8.31. The number of sulfonamides is 1. The summed E-state index contributed by atoms with van der Waals surface area (Å²) >= 11 is 0. The molecule has 1 atom stereocenters. The first-order valence-electron chi connectivity index (χ1n) is 13.3. The molecule has 7 nitrogen and oxygen atoms in total. The molecule has 0 fully saturated rings. The summed E-state index contributed by atoms with van der Waals surface area (Å²) in [5, 5.41) is 2.95. The van der Waals surface area contributed by atoms with Crippen LogP contribution in [0.5, 0.6) is 0 Å². The Bertz CT molecular complexity index is 1360. The molecule has 0 aliphatic heterocycles. The summed E-state index contributed by atoms with van der Waals surface area (Å²) in [5.41, 5.74) is 3.08. The first kappa shape index (κ1) is 29.9. The summed E-state index contributed by atoms with van der Waals surface area (Å²) in [5.74, 6) is -0.454. The van der Waals surface area contributed by atoms with Crippen LogP contribution in [0.2, 0.25) is 0 Å². The van der Waals surface area contributed by atoms with Gasteiger partial charge in [0.25, 0.3) is 10.0 Å². The van der Waals surface area contributed by atoms with Gasteiger partial charge >= 0.3 is 0 Å². The molecule has 0 aliphatic carbocycles. The quantitative estimate of drug-likeness (QED) is 0.341. The van der Waals surface area contributed by atoms with Crippen LogP contribution in [0.1, 0.15) is 43.9 Å². The molecule has 0 heterocycles. The second-order valence-electron chi connectivity index (χ2n) is 10.2. The van der Waals surface area contributed by atoms with E-state index in [0.717, 1.165) is 21.0 Å². The van der Waals surface area contributed by atoms with Crippen LogP contribution in [0.25, 0.3) is 0 Å². The lowest BCUT2D eigenvalue weighted by molar-refractivity contribution is -0.140. The van der Waals surface area contributed by atoms with E-state index in [2.05, 4.69) is 5.32 Å². The first-order valence-corrected chi connectivity index (χ1v) is 14.7. The molecule has 0 radical (unpaired) electrons. The molecule has 0 bridgehead atoms. The molecule has 208 valence electrons. The zero-order valence-corrected chi connectivity index (χ0v) is 24.2. The second kappa shape index (κ2) is 13.4. The summed E-state index contributed by atoms with van der Waals surface area (Å²) in [4.78, 5) is 28.9. The molecule has 2 amide bonds. The zero-order valence-electron chi connectivity index (χ0n) is 23.4. The molecule has 3 aromatic carbocycles. The Kier molecular flexibility index (Phi) is 10.3. The number of nitrogens with zero attached hydrogens (tertiary/aromatic N) is 2. The van der Waals surface area contributed by atoms with Gasteiger partial charge in [0.05, 0.1) is 10.6 Å². The zero-order chi connectivity index (χ0) is 28.6. The van der Waals surface area contributed by atoms with Crippen molar-refractivity contribution in [3.8, 4) is 0 Å². The normalized spacial score (nSPS) is 12.2. The molecule has 3 rings (SSSR count). The fourth-order valence-electron chi connectivity index (χ4n) is 4.31. The van der Waals surface area contributed by atoms with Gasteiger partial charge < -0.3 is 10.2 Å². The Hall–Kier alpha value is -3.65. The molecule has 3 aromatic rings. The summed E-state index contributed by atoms with van der Waals surface area (Å²) < 4.78 is 28.9. The average Bonchev–Trinajstić information content (AvgIpc) is 2.92. The molecular formula is C31H39N3O4S. The SMILES string of the molecule is CCC(C(=O)NCC(C)C)N(Cc1ccc(C)cc1)C(=O)CN(c1ccccc1C)S(=O)(=O)c1ccccc1. The number of hydrogen-bond donors (Lipinski definition) is 1. The Labute approximate surface area is 232 Å². The highest BCUT2D eigenvalue weighted by Crippen LogP contribution is 2.27. The van der Waals surface area contributed by atoms with E-state index in [1.165, 1.54) is 17.0 Å². The topological polar surface area (TPSA) is 86.8 Å². The van der Waals surface area contributed by atoms with Gasteiger partial charge in [0.15, 0.2) is 0 Å². The highest BCUT2D eigenvalue weighted by Gasteiger charge is 2.34. The van der Waals surface area contributed by atoms with Gasteiger partial charge in [-0.1, -0.05) is 87.0 Å². The Balaban J connectivity index is 2.04. The van der Waals surface area contributed by atoms with Crippen molar-refractivity contribution in [3.63, 3.8) is 0 Å². The van der Waals surface area contributed by atoms with Crippen LogP contribution in [0.4, 0.5) is 5.69 Å². The third-order valence-electron chi connectivity index (χ3n) is 6.54. The maximum absolute atomic E-state index is 14.1. The predicted molar refractivity (Wildman–Crippen MR) is 156 cm³/mol. The van der Waals surface area contributed by atoms with Crippen molar-refractivity contribution >= 4 is 27.5 Å². The second-order valence-corrected chi connectivity index (χ2v) is 12.0. The summed E-state index contributed by atoms with van der Waals surface area (Å²) in [7, 11) is -4.07. The van der Waals surface area contributed by atoms with E-state index in [1.54, 1.807) is 30.3 Å². The lowest BCUT2D eigenvalue weighted by Gasteiger charge is -2.33. The summed E-state index contributed by atoms with van der Waals surface area (Å²) in [6, 6.07) is 22.2. The fourth-order valence-corrected chi connectivity index (χ4v) is 5.81. The number of carbonyl (C=O) groups is 2. The van der Waals surface area contributed by atoms with E-state index in [0.29, 0.717) is 18.7 Å². The highest BCUT2D eigenvalue weighted by molar-refractivity contribution is 7.92. The van der Waals surface area contributed by atoms with Crippen molar-refractivity contribution < 1.29 is 18.0 Å². The predicted octanol–water partition coefficient (Wildman–Crippen LogP) is 5.08. The molecule has 0 saturated carbocycles. The van der Waals surface area contributed by atoms with E-state index < -0.39 is 28.5 Å². The van der Waals surface area contributed by atoms with Crippen LogP contribution in [-0.2, 0) is 26.2 Å². The number of para-hydroxylation sites is 1. The molecule has 0 saturated heterocycles. The minimum atomic E-state index is -4.07. The van der Waals surface area contributed by atoms with Gasteiger partial charge in [-0.3, -0.25) is 13.9 Å². The van der Waals surface area contributed by atoms with E-state index in [1.807, 2.05) is 71.0 Å². The van der Waals surface area contributed by atoms with Gasteiger partial charge in [-0.25, -0.2) is 8.42 Å². The summed E-state index contributed by atoms with van der Waals surface area (Å²) in [6.07, 6.45) is 0.386. The van der Waals surface area contributed by atoms with Crippen molar-refractivity contribution in [1.82, 2.24) is 10.2 Å². The molecule has 1 unspecified atom stereocenters. The highest BCUT2D eigenvalue weighted by atomic mass is 32.2. The average molecular weight is 550 g/mol. The minimum Gasteiger partial charge on any atom is -0.354 e. The van der Waals surface area contributed by atoms with Gasteiger partial charge in [-0.2, -0.15) is 0 Å². The van der Waals surface area contributed by atoms with E-state index in [-0.39, 0.29) is 23.3 Å². The van der Waals surface area contributed by atoms with Crippen LogP contribution in [0.15, 0.2) is 83.8 Å². The van der Waals surface area contributed by atoms with Gasteiger partial charge in [-0.15, -0.1) is 0 Å². The maximum atomic E-state index is 14.1. The van der Waals surface area contributed by atoms with Crippen LogP contribution in [0.3, 0.4) is 0 Å². The molecule has 39 heavy (non-hydrogen) atoms. The monoisotopic (exact) mass is 549 g/mol. The van der Waals surface area contributed by atoms with Crippen molar-refractivity contribution in [2.24, 2.45) is 5.92 Å².